The lowest BCUT2D eigenvalue weighted by Gasteiger charge is -2.36. The Morgan fingerprint density at radius 3 is 2.84 bits per heavy atom. The molecule has 4 atom stereocenters. The van der Waals surface area contributed by atoms with Gasteiger partial charge >= 0.3 is 14.0 Å². The van der Waals surface area contributed by atoms with Gasteiger partial charge in [-0.1, -0.05) is 31.8 Å². The van der Waals surface area contributed by atoms with E-state index in [-0.39, 0.29) is 35.0 Å². The highest BCUT2D eigenvalue weighted by Crippen LogP contribution is 2.41. The minimum absolute atomic E-state index is 0.0299. The topological polar surface area (TPSA) is 82.1 Å². The van der Waals surface area contributed by atoms with Crippen LogP contribution in [0.15, 0.2) is 12.1 Å². The fourth-order valence-corrected chi connectivity index (χ4v) is 4.76. The van der Waals surface area contributed by atoms with Crippen molar-refractivity contribution in [3.63, 3.8) is 0 Å². The van der Waals surface area contributed by atoms with Gasteiger partial charge < -0.3 is 19.3 Å². The van der Waals surface area contributed by atoms with Gasteiger partial charge in [0.15, 0.2) is 11.5 Å². The molecule has 7 heteroatoms. The van der Waals surface area contributed by atoms with Gasteiger partial charge in [0.2, 0.25) is 0 Å². The SMILES string of the molecule is CC1CC[C@H](C(C)C)C(OC(=O)Oc2cc(O)c3c(c2)OC[P+]3=O)C1. The molecule has 136 valence electrons. The molecule has 0 bridgehead atoms. The fourth-order valence-electron chi connectivity index (χ4n) is 3.68. The van der Waals surface area contributed by atoms with Crippen molar-refractivity contribution < 1.29 is 28.7 Å². The molecular formula is C18H24O6P+. The summed E-state index contributed by atoms with van der Waals surface area (Å²) in [6.07, 6.45) is 2.10. The van der Waals surface area contributed by atoms with E-state index in [1.54, 1.807) is 0 Å². The molecule has 6 nitrogen and oxygen atoms in total. The summed E-state index contributed by atoms with van der Waals surface area (Å²) in [5.41, 5.74) is 0. The molecule has 0 aromatic heterocycles. The Balaban J connectivity index is 1.68. The van der Waals surface area contributed by atoms with E-state index < -0.39 is 14.0 Å². The van der Waals surface area contributed by atoms with Crippen LogP contribution < -0.4 is 14.8 Å². The van der Waals surface area contributed by atoms with Crippen LogP contribution in [0.2, 0.25) is 0 Å². The number of benzene rings is 1. The number of ether oxygens (including phenoxy) is 3. The van der Waals surface area contributed by atoms with E-state index in [2.05, 4.69) is 20.8 Å². The quantitative estimate of drug-likeness (QED) is 0.490. The Morgan fingerprint density at radius 1 is 1.36 bits per heavy atom. The van der Waals surface area contributed by atoms with Crippen LogP contribution in [0.5, 0.6) is 17.2 Å². The number of carbonyl (C=O) groups excluding carboxylic acids is 1. The zero-order chi connectivity index (χ0) is 18.1. The second kappa shape index (κ2) is 7.20. The molecule has 0 saturated heterocycles. The van der Waals surface area contributed by atoms with E-state index in [0.29, 0.717) is 17.8 Å². The van der Waals surface area contributed by atoms with Crippen LogP contribution in [0, 0.1) is 17.8 Å². The largest absolute Gasteiger partial charge is 0.514 e. The Morgan fingerprint density at radius 2 is 2.12 bits per heavy atom. The predicted molar refractivity (Wildman–Crippen MR) is 93.1 cm³/mol. The molecule has 1 heterocycles. The normalized spacial score (nSPS) is 26.9. The maximum atomic E-state index is 12.2. The molecule has 1 N–H and O–H groups in total. The molecule has 1 saturated carbocycles. The Kier molecular flexibility index (Phi) is 5.19. The Labute approximate surface area is 148 Å². The van der Waals surface area contributed by atoms with Crippen LogP contribution in [-0.4, -0.2) is 23.7 Å². The van der Waals surface area contributed by atoms with E-state index in [0.717, 1.165) is 19.3 Å². The summed E-state index contributed by atoms with van der Waals surface area (Å²) in [4.78, 5) is 12.2. The zero-order valence-corrected chi connectivity index (χ0v) is 15.6. The summed E-state index contributed by atoms with van der Waals surface area (Å²) in [5, 5.41) is 10.2. The Hall–Kier alpha value is -1.81. The molecule has 25 heavy (non-hydrogen) atoms. The van der Waals surface area contributed by atoms with Gasteiger partial charge in [-0.2, -0.15) is 0 Å². The zero-order valence-electron chi connectivity index (χ0n) is 14.7. The van der Waals surface area contributed by atoms with Crippen LogP contribution >= 0.6 is 7.80 Å². The lowest BCUT2D eigenvalue weighted by Crippen LogP contribution is -2.36. The second-order valence-electron chi connectivity index (χ2n) is 7.28. The molecule has 1 aliphatic carbocycles. The molecule has 0 amide bonds. The van der Waals surface area contributed by atoms with E-state index >= 15 is 0 Å². The summed E-state index contributed by atoms with van der Waals surface area (Å²) in [6, 6.07) is 2.73. The van der Waals surface area contributed by atoms with Crippen LogP contribution in [0.4, 0.5) is 4.79 Å². The van der Waals surface area contributed by atoms with Gasteiger partial charge in [0.05, 0.1) is 0 Å². The van der Waals surface area contributed by atoms with Gasteiger partial charge in [-0.05, 0) is 30.6 Å². The minimum Gasteiger partial charge on any atom is -0.503 e. The van der Waals surface area contributed by atoms with Gasteiger partial charge in [0.25, 0.3) is 11.7 Å². The smallest absolute Gasteiger partial charge is 0.503 e. The summed E-state index contributed by atoms with van der Waals surface area (Å²) in [6.45, 7) is 6.44. The predicted octanol–water partition coefficient (Wildman–Crippen LogP) is 4.17. The molecule has 1 aliphatic heterocycles. The first-order valence-corrected chi connectivity index (χ1v) is 10.1. The average Bonchev–Trinajstić information content (AvgIpc) is 2.88. The number of fused-ring (bicyclic) bond motifs is 1. The molecule has 2 aliphatic rings. The van der Waals surface area contributed by atoms with Crippen LogP contribution in [0.25, 0.3) is 0 Å². The standard InChI is InChI=1S/C18H23O6P/c1-10(2)13-5-4-11(3)6-15(13)24-18(20)23-12-7-14(19)17-16(8-12)22-9-25(17)21/h7-8,10-11,13,15H,4-6,9H2,1-3H3/p+1/t11?,13-,15?/m1/s1. The maximum absolute atomic E-state index is 12.2. The van der Waals surface area contributed by atoms with Crippen molar-refractivity contribution in [1.29, 1.82) is 0 Å². The maximum Gasteiger partial charge on any atom is 0.514 e. The molecule has 0 spiro atoms. The van der Waals surface area contributed by atoms with Gasteiger partial charge in [-0.3, -0.25) is 0 Å². The van der Waals surface area contributed by atoms with E-state index in [4.69, 9.17) is 14.2 Å². The summed E-state index contributed by atoms with van der Waals surface area (Å²) in [7, 11) is -1.76. The van der Waals surface area contributed by atoms with Crippen molar-refractivity contribution in [2.75, 3.05) is 6.35 Å². The molecular weight excluding hydrogens is 343 g/mol. The number of aromatic hydroxyl groups is 1. The first-order valence-electron chi connectivity index (χ1n) is 8.68. The molecule has 0 radical (unpaired) electrons. The number of phenols is 1. The summed E-state index contributed by atoms with van der Waals surface area (Å²) in [5.74, 6) is 1.49. The molecule has 1 fully saturated rings. The van der Waals surface area contributed by atoms with Crippen molar-refractivity contribution in [2.45, 2.75) is 46.1 Å². The molecule has 3 unspecified atom stereocenters. The van der Waals surface area contributed by atoms with Crippen molar-refractivity contribution in [1.82, 2.24) is 0 Å². The number of hydrogen-bond acceptors (Lipinski definition) is 6. The van der Waals surface area contributed by atoms with Crippen LogP contribution in [-0.2, 0) is 9.30 Å². The highest BCUT2D eigenvalue weighted by Gasteiger charge is 2.38. The third kappa shape index (κ3) is 3.90. The van der Waals surface area contributed by atoms with E-state index in [9.17, 15) is 14.5 Å². The molecule has 1 aromatic rings. The van der Waals surface area contributed by atoms with Gasteiger partial charge in [0, 0.05) is 12.1 Å². The molecule has 3 rings (SSSR count). The molecule has 1 aromatic carbocycles. The van der Waals surface area contributed by atoms with Crippen molar-refractivity contribution in [2.24, 2.45) is 17.8 Å². The number of carbonyl (C=O) groups is 1. The highest BCUT2D eigenvalue weighted by molar-refractivity contribution is 7.54. The Bertz CT molecular complexity index is 686. The van der Waals surface area contributed by atoms with Gasteiger partial charge in [-0.15, -0.1) is 0 Å². The monoisotopic (exact) mass is 367 g/mol. The first kappa shape index (κ1) is 18.0. The van der Waals surface area contributed by atoms with E-state index in [1.807, 2.05) is 0 Å². The lowest BCUT2D eigenvalue weighted by molar-refractivity contribution is -0.0136. The summed E-state index contributed by atoms with van der Waals surface area (Å²) >= 11 is 0. The minimum atomic E-state index is -1.76. The third-order valence-electron chi connectivity index (χ3n) is 5.03. The average molecular weight is 367 g/mol. The van der Waals surface area contributed by atoms with Crippen molar-refractivity contribution in [3.05, 3.63) is 12.1 Å². The number of rotatable bonds is 3. The highest BCUT2D eigenvalue weighted by atomic mass is 31.1. The summed E-state index contributed by atoms with van der Waals surface area (Å²) < 4.78 is 27.8. The van der Waals surface area contributed by atoms with Gasteiger partial charge in [0.1, 0.15) is 11.9 Å². The second-order valence-corrected chi connectivity index (χ2v) is 8.74. The van der Waals surface area contributed by atoms with Crippen LogP contribution in [0.1, 0.15) is 40.0 Å². The third-order valence-corrected chi connectivity index (χ3v) is 6.34. The van der Waals surface area contributed by atoms with E-state index in [1.165, 1.54) is 12.1 Å². The number of phenolic OH excluding ortho intramolecular Hbond substituents is 1. The first-order chi connectivity index (χ1) is 11.8. The van der Waals surface area contributed by atoms with Crippen molar-refractivity contribution >= 4 is 19.3 Å². The van der Waals surface area contributed by atoms with Crippen LogP contribution in [0.3, 0.4) is 0 Å². The van der Waals surface area contributed by atoms with Crippen molar-refractivity contribution in [3.8, 4) is 17.2 Å². The number of hydrogen-bond donors (Lipinski definition) is 1. The fraction of sp³-hybridized carbons (Fsp3) is 0.611. The lowest BCUT2D eigenvalue weighted by atomic mass is 9.75. The van der Waals surface area contributed by atoms with Gasteiger partial charge in [-0.25, -0.2) is 4.79 Å².